The standard InChI is InChI=1S/C19H26N2O5S/c1-13-5-3-4-6-16(13)20-19(24)21-17(22)11-26-18(23)12-27-15-9-7-14(25-2)8-10-15/h7-10,13,16H,3-6,11-12H2,1-2H3,(H2,20,21,22,24)/t13-,16+/m1/s1. The number of benzene rings is 1. The summed E-state index contributed by atoms with van der Waals surface area (Å²) in [6.07, 6.45) is 4.24. The van der Waals surface area contributed by atoms with E-state index in [1.807, 2.05) is 12.1 Å². The maximum atomic E-state index is 11.9. The zero-order chi connectivity index (χ0) is 19.6. The third-order valence-electron chi connectivity index (χ3n) is 4.46. The van der Waals surface area contributed by atoms with Gasteiger partial charge in [0.25, 0.3) is 5.91 Å². The summed E-state index contributed by atoms with van der Waals surface area (Å²) in [5.41, 5.74) is 0. The van der Waals surface area contributed by atoms with Crippen molar-refractivity contribution >= 4 is 29.7 Å². The minimum atomic E-state index is -0.640. The molecular formula is C19H26N2O5S. The topological polar surface area (TPSA) is 93.7 Å². The first-order valence-electron chi connectivity index (χ1n) is 9.00. The summed E-state index contributed by atoms with van der Waals surface area (Å²) in [5.74, 6) is 0.0451. The Hall–Kier alpha value is -2.22. The molecule has 2 atom stereocenters. The van der Waals surface area contributed by atoms with Gasteiger partial charge in [0.2, 0.25) is 0 Å². The van der Waals surface area contributed by atoms with Gasteiger partial charge in [0.05, 0.1) is 12.9 Å². The normalized spacial score (nSPS) is 19.0. The molecule has 1 aromatic rings. The zero-order valence-electron chi connectivity index (χ0n) is 15.7. The summed E-state index contributed by atoms with van der Waals surface area (Å²) >= 11 is 1.30. The fraction of sp³-hybridized carbons (Fsp3) is 0.526. The van der Waals surface area contributed by atoms with Crippen LogP contribution in [0.15, 0.2) is 29.2 Å². The van der Waals surface area contributed by atoms with E-state index in [4.69, 9.17) is 9.47 Å². The summed E-state index contributed by atoms with van der Waals surface area (Å²) in [7, 11) is 1.58. The van der Waals surface area contributed by atoms with Gasteiger partial charge in [-0.2, -0.15) is 0 Å². The number of carbonyl (C=O) groups excluding carboxylic acids is 3. The number of nitrogens with one attached hydrogen (secondary N) is 2. The molecule has 7 nitrogen and oxygen atoms in total. The van der Waals surface area contributed by atoms with Crippen molar-refractivity contribution in [3.05, 3.63) is 24.3 Å². The minimum Gasteiger partial charge on any atom is -0.497 e. The summed E-state index contributed by atoms with van der Waals surface area (Å²) in [6.45, 7) is 1.61. The molecular weight excluding hydrogens is 368 g/mol. The number of ether oxygens (including phenoxy) is 2. The second-order valence-electron chi connectivity index (χ2n) is 6.51. The number of imide groups is 1. The summed E-state index contributed by atoms with van der Waals surface area (Å²) in [6, 6.07) is 6.80. The molecule has 0 aliphatic heterocycles. The Labute approximate surface area is 163 Å². The smallest absolute Gasteiger partial charge is 0.321 e. The zero-order valence-corrected chi connectivity index (χ0v) is 16.5. The van der Waals surface area contributed by atoms with Crippen LogP contribution in [-0.2, 0) is 14.3 Å². The second kappa shape index (κ2) is 10.8. The monoisotopic (exact) mass is 394 g/mol. The minimum absolute atomic E-state index is 0.0748. The molecule has 0 unspecified atom stereocenters. The number of esters is 1. The van der Waals surface area contributed by atoms with Crippen molar-refractivity contribution in [2.75, 3.05) is 19.5 Å². The molecule has 0 bridgehead atoms. The van der Waals surface area contributed by atoms with E-state index in [0.717, 1.165) is 29.9 Å². The van der Waals surface area contributed by atoms with Crippen LogP contribution in [0.4, 0.5) is 4.79 Å². The average Bonchev–Trinajstić information content (AvgIpc) is 2.67. The lowest BCUT2D eigenvalue weighted by Gasteiger charge is -2.29. The molecule has 2 N–H and O–H groups in total. The van der Waals surface area contributed by atoms with E-state index in [0.29, 0.717) is 5.92 Å². The molecule has 8 heteroatoms. The van der Waals surface area contributed by atoms with Crippen molar-refractivity contribution in [3.63, 3.8) is 0 Å². The molecule has 0 aromatic heterocycles. The lowest BCUT2D eigenvalue weighted by molar-refractivity contribution is -0.145. The molecule has 0 saturated heterocycles. The lowest BCUT2D eigenvalue weighted by Crippen LogP contribution is -2.48. The van der Waals surface area contributed by atoms with E-state index >= 15 is 0 Å². The summed E-state index contributed by atoms with van der Waals surface area (Å²) in [4.78, 5) is 36.3. The Balaban J connectivity index is 1.63. The maximum Gasteiger partial charge on any atom is 0.321 e. The van der Waals surface area contributed by atoms with Gasteiger partial charge in [-0.3, -0.25) is 14.9 Å². The van der Waals surface area contributed by atoms with Crippen molar-refractivity contribution in [2.24, 2.45) is 5.92 Å². The van der Waals surface area contributed by atoms with E-state index < -0.39 is 24.5 Å². The van der Waals surface area contributed by atoms with E-state index in [1.165, 1.54) is 18.2 Å². The number of urea groups is 1. The second-order valence-corrected chi connectivity index (χ2v) is 7.56. The third kappa shape index (κ3) is 7.50. The van der Waals surface area contributed by atoms with E-state index in [1.54, 1.807) is 19.2 Å². The van der Waals surface area contributed by atoms with E-state index in [9.17, 15) is 14.4 Å². The quantitative estimate of drug-likeness (QED) is 0.546. The fourth-order valence-electron chi connectivity index (χ4n) is 2.90. The molecule has 1 fully saturated rings. The first kappa shape index (κ1) is 21.1. The van der Waals surface area contributed by atoms with Crippen LogP contribution in [0, 0.1) is 5.92 Å². The molecule has 0 heterocycles. The Morgan fingerprint density at radius 3 is 2.52 bits per heavy atom. The molecule has 27 heavy (non-hydrogen) atoms. The van der Waals surface area contributed by atoms with Crippen LogP contribution in [-0.4, -0.2) is 43.4 Å². The van der Waals surface area contributed by atoms with Crippen molar-refractivity contribution in [2.45, 2.75) is 43.5 Å². The number of hydrogen-bond acceptors (Lipinski definition) is 6. The number of thioether (sulfide) groups is 1. The van der Waals surface area contributed by atoms with Gasteiger partial charge in [-0.05, 0) is 43.0 Å². The first-order chi connectivity index (χ1) is 13.0. The molecule has 0 spiro atoms. The van der Waals surface area contributed by atoms with Gasteiger partial charge in [-0.15, -0.1) is 11.8 Å². The largest absolute Gasteiger partial charge is 0.497 e. The van der Waals surface area contributed by atoms with Crippen LogP contribution >= 0.6 is 11.8 Å². The highest BCUT2D eigenvalue weighted by molar-refractivity contribution is 8.00. The summed E-state index contributed by atoms with van der Waals surface area (Å²) < 4.78 is 9.97. The van der Waals surface area contributed by atoms with Crippen LogP contribution in [0.5, 0.6) is 5.75 Å². The lowest BCUT2D eigenvalue weighted by atomic mass is 9.86. The van der Waals surface area contributed by atoms with E-state index in [-0.39, 0.29) is 11.8 Å². The number of rotatable bonds is 7. The summed E-state index contributed by atoms with van der Waals surface area (Å²) in [5, 5.41) is 5.02. The van der Waals surface area contributed by atoms with Gasteiger partial charge in [0.15, 0.2) is 6.61 Å². The number of carbonyl (C=O) groups is 3. The molecule has 1 aromatic carbocycles. The fourth-order valence-corrected chi connectivity index (χ4v) is 3.60. The van der Waals surface area contributed by atoms with Gasteiger partial charge in [0.1, 0.15) is 5.75 Å². The Morgan fingerprint density at radius 2 is 1.85 bits per heavy atom. The number of hydrogen-bond donors (Lipinski definition) is 2. The van der Waals surface area contributed by atoms with Crippen LogP contribution in [0.3, 0.4) is 0 Å². The van der Waals surface area contributed by atoms with Gasteiger partial charge < -0.3 is 14.8 Å². The van der Waals surface area contributed by atoms with Gasteiger partial charge in [0, 0.05) is 10.9 Å². The molecule has 1 aliphatic rings. The Bertz CT molecular complexity index is 650. The molecule has 2 rings (SSSR count). The van der Waals surface area contributed by atoms with Crippen LogP contribution in [0.2, 0.25) is 0 Å². The van der Waals surface area contributed by atoms with Crippen molar-refractivity contribution in [3.8, 4) is 5.75 Å². The molecule has 0 radical (unpaired) electrons. The van der Waals surface area contributed by atoms with Crippen LogP contribution in [0.1, 0.15) is 32.6 Å². The average molecular weight is 394 g/mol. The molecule has 3 amide bonds. The number of amides is 3. The maximum absolute atomic E-state index is 11.9. The van der Waals surface area contributed by atoms with Crippen molar-refractivity contribution in [1.29, 1.82) is 0 Å². The predicted molar refractivity (Wildman–Crippen MR) is 103 cm³/mol. The van der Waals surface area contributed by atoms with Gasteiger partial charge in [-0.25, -0.2) is 4.79 Å². The number of methoxy groups -OCH3 is 1. The highest BCUT2D eigenvalue weighted by Crippen LogP contribution is 2.23. The Morgan fingerprint density at radius 1 is 1.15 bits per heavy atom. The van der Waals surface area contributed by atoms with Crippen LogP contribution < -0.4 is 15.4 Å². The Kier molecular flexibility index (Phi) is 8.44. The third-order valence-corrected chi connectivity index (χ3v) is 5.45. The highest BCUT2D eigenvalue weighted by atomic mass is 32.2. The van der Waals surface area contributed by atoms with Crippen molar-refractivity contribution < 1.29 is 23.9 Å². The molecule has 1 aliphatic carbocycles. The van der Waals surface area contributed by atoms with Gasteiger partial charge in [-0.1, -0.05) is 19.8 Å². The molecule has 1 saturated carbocycles. The van der Waals surface area contributed by atoms with Gasteiger partial charge >= 0.3 is 12.0 Å². The van der Waals surface area contributed by atoms with Crippen molar-refractivity contribution in [1.82, 2.24) is 10.6 Å². The molecule has 148 valence electrons. The highest BCUT2D eigenvalue weighted by Gasteiger charge is 2.23. The van der Waals surface area contributed by atoms with Crippen LogP contribution in [0.25, 0.3) is 0 Å². The predicted octanol–water partition coefficient (Wildman–Crippen LogP) is 2.74. The SMILES string of the molecule is COc1ccc(SCC(=O)OCC(=O)NC(=O)N[C@H]2CCCC[C@H]2C)cc1. The van der Waals surface area contributed by atoms with E-state index in [2.05, 4.69) is 17.6 Å². The first-order valence-corrected chi connectivity index (χ1v) is 9.99.